The van der Waals surface area contributed by atoms with E-state index in [0.29, 0.717) is 10.9 Å². The van der Waals surface area contributed by atoms with Gasteiger partial charge < -0.3 is 5.11 Å². The number of aliphatic hydroxyl groups excluding tert-OH is 1. The molecule has 1 aromatic carbocycles. The van der Waals surface area contributed by atoms with E-state index < -0.39 is 6.10 Å². The predicted molar refractivity (Wildman–Crippen MR) is 59.7 cm³/mol. The Hall–Kier alpha value is -0.670. The highest BCUT2D eigenvalue weighted by atomic mass is 79.9. The molecule has 0 spiro atoms. The van der Waals surface area contributed by atoms with Gasteiger partial charge in [0.1, 0.15) is 0 Å². The van der Waals surface area contributed by atoms with Crippen LogP contribution in [0.1, 0.15) is 17.3 Å². The number of aliphatic hydroxyl groups is 1. The Labute approximate surface area is 92.1 Å². The number of ketones is 1. The van der Waals surface area contributed by atoms with Gasteiger partial charge in [-0.15, -0.1) is 0 Å². The van der Waals surface area contributed by atoms with Gasteiger partial charge in [-0.1, -0.05) is 46.3 Å². The smallest absolute Gasteiger partial charge is 0.169 e. The van der Waals surface area contributed by atoms with Crippen molar-refractivity contribution in [3.63, 3.8) is 0 Å². The first-order valence-electron chi connectivity index (χ1n) is 4.50. The number of hydrogen-bond donors (Lipinski definition) is 1. The molecule has 0 radical (unpaired) electrons. The molecule has 0 fully saturated rings. The summed E-state index contributed by atoms with van der Waals surface area (Å²) in [4.78, 5) is 11.8. The van der Waals surface area contributed by atoms with Crippen LogP contribution in [0.15, 0.2) is 30.3 Å². The number of Topliss-reactive ketones (excluding diaryl/α,β-unsaturated/α-hetero) is 1. The Morgan fingerprint density at radius 3 is 2.43 bits per heavy atom. The zero-order valence-electron chi connectivity index (χ0n) is 7.98. The average Bonchev–Trinajstić information content (AvgIpc) is 2.19. The highest BCUT2D eigenvalue weighted by Gasteiger charge is 2.23. The molecule has 0 aromatic heterocycles. The maximum atomic E-state index is 11.8. The summed E-state index contributed by atoms with van der Waals surface area (Å²) < 4.78 is 0. The fourth-order valence-electron chi connectivity index (χ4n) is 1.23. The summed E-state index contributed by atoms with van der Waals surface area (Å²) in [6, 6.07) is 9.03. The average molecular weight is 257 g/mol. The molecule has 1 N–H and O–H groups in total. The lowest BCUT2D eigenvalue weighted by atomic mass is 9.95. The number of benzene rings is 1. The topological polar surface area (TPSA) is 37.3 Å². The molecule has 2 nitrogen and oxygen atoms in total. The van der Waals surface area contributed by atoms with Crippen LogP contribution in [0.4, 0.5) is 0 Å². The second-order valence-electron chi connectivity index (χ2n) is 3.23. The third-order valence-electron chi connectivity index (χ3n) is 2.14. The number of hydrogen-bond acceptors (Lipinski definition) is 2. The SMILES string of the molecule is C[C@H](O)[C@@H](CBr)C(=O)c1ccccc1. The minimum Gasteiger partial charge on any atom is -0.393 e. The van der Waals surface area contributed by atoms with Gasteiger partial charge in [0.2, 0.25) is 0 Å². The van der Waals surface area contributed by atoms with Gasteiger partial charge in [-0.2, -0.15) is 0 Å². The third kappa shape index (κ3) is 2.66. The molecule has 76 valence electrons. The van der Waals surface area contributed by atoms with E-state index in [0.717, 1.165) is 0 Å². The van der Waals surface area contributed by atoms with Crippen LogP contribution in [0, 0.1) is 5.92 Å². The summed E-state index contributed by atoms with van der Waals surface area (Å²) in [6.45, 7) is 1.63. The van der Waals surface area contributed by atoms with Crippen LogP contribution in [0.3, 0.4) is 0 Å². The Morgan fingerprint density at radius 2 is 2.00 bits per heavy atom. The van der Waals surface area contributed by atoms with Gasteiger partial charge in [0, 0.05) is 10.9 Å². The second kappa shape index (κ2) is 5.27. The summed E-state index contributed by atoms with van der Waals surface area (Å²) >= 11 is 3.23. The molecule has 0 heterocycles. The molecular formula is C11H13BrO2. The van der Waals surface area contributed by atoms with Gasteiger partial charge in [-0.05, 0) is 6.92 Å². The number of carbonyl (C=O) groups is 1. The fraction of sp³-hybridized carbons (Fsp3) is 0.364. The van der Waals surface area contributed by atoms with Gasteiger partial charge in [-0.25, -0.2) is 0 Å². The highest BCUT2D eigenvalue weighted by Crippen LogP contribution is 2.15. The highest BCUT2D eigenvalue weighted by molar-refractivity contribution is 9.09. The molecule has 0 aliphatic heterocycles. The standard InChI is InChI=1S/C11H13BrO2/c1-8(13)10(7-12)11(14)9-5-3-2-4-6-9/h2-6,8,10,13H,7H2,1H3/t8-,10+/m0/s1. The zero-order chi connectivity index (χ0) is 10.6. The van der Waals surface area contributed by atoms with E-state index in [1.54, 1.807) is 19.1 Å². The Kier molecular flexibility index (Phi) is 4.29. The van der Waals surface area contributed by atoms with Crippen LogP contribution in [-0.4, -0.2) is 22.3 Å². The van der Waals surface area contributed by atoms with Crippen molar-refractivity contribution in [2.75, 3.05) is 5.33 Å². The van der Waals surface area contributed by atoms with Crippen molar-refractivity contribution in [2.45, 2.75) is 13.0 Å². The number of halogens is 1. The quantitative estimate of drug-likeness (QED) is 0.663. The van der Waals surface area contributed by atoms with Crippen molar-refractivity contribution in [1.29, 1.82) is 0 Å². The van der Waals surface area contributed by atoms with E-state index in [9.17, 15) is 9.90 Å². The maximum Gasteiger partial charge on any atom is 0.169 e. The van der Waals surface area contributed by atoms with Gasteiger partial charge in [0.15, 0.2) is 5.78 Å². The van der Waals surface area contributed by atoms with Gasteiger partial charge in [0.25, 0.3) is 0 Å². The van der Waals surface area contributed by atoms with Crippen molar-refractivity contribution in [2.24, 2.45) is 5.92 Å². The molecule has 14 heavy (non-hydrogen) atoms. The summed E-state index contributed by atoms with van der Waals surface area (Å²) in [5, 5.41) is 9.88. The lowest BCUT2D eigenvalue weighted by molar-refractivity contribution is 0.0768. The van der Waals surface area contributed by atoms with Gasteiger partial charge >= 0.3 is 0 Å². The molecule has 0 unspecified atom stereocenters. The maximum absolute atomic E-state index is 11.8. The summed E-state index contributed by atoms with van der Waals surface area (Å²) in [7, 11) is 0. The summed E-state index contributed by atoms with van der Waals surface area (Å²) in [5.74, 6) is -0.380. The number of alkyl halides is 1. The zero-order valence-corrected chi connectivity index (χ0v) is 9.57. The molecule has 3 heteroatoms. The van der Waals surface area contributed by atoms with Crippen molar-refractivity contribution >= 4 is 21.7 Å². The van der Waals surface area contributed by atoms with Crippen molar-refractivity contribution in [3.8, 4) is 0 Å². The molecule has 0 amide bonds. The van der Waals surface area contributed by atoms with Crippen LogP contribution in [-0.2, 0) is 0 Å². The first-order valence-corrected chi connectivity index (χ1v) is 5.62. The van der Waals surface area contributed by atoms with Gasteiger partial charge in [0.05, 0.1) is 12.0 Å². The first kappa shape index (κ1) is 11.4. The van der Waals surface area contributed by atoms with E-state index in [2.05, 4.69) is 15.9 Å². The second-order valence-corrected chi connectivity index (χ2v) is 3.88. The number of carbonyl (C=O) groups excluding carboxylic acids is 1. The molecule has 0 saturated heterocycles. The van der Waals surface area contributed by atoms with Crippen molar-refractivity contribution in [3.05, 3.63) is 35.9 Å². The molecular weight excluding hydrogens is 244 g/mol. The van der Waals surface area contributed by atoms with E-state index >= 15 is 0 Å². The monoisotopic (exact) mass is 256 g/mol. The van der Waals surface area contributed by atoms with Crippen LogP contribution in [0.5, 0.6) is 0 Å². The number of rotatable bonds is 4. The largest absolute Gasteiger partial charge is 0.393 e. The van der Waals surface area contributed by atoms with Gasteiger partial charge in [-0.3, -0.25) is 4.79 Å². The molecule has 1 rings (SSSR count). The normalized spacial score (nSPS) is 14.8. The Bertz CT molecular complexity index is 295. The third-order valence-corrected chi connectivity index (χ3v) is 2.84. The van der Waals surface area contributed by atoms with E-state index in [4.69, 9.17) is 0 Å². The van der Waals surface area contributed by atoms with Crippen LogP contribution in [0.25, 0.3) is 0 Å². The minimum absolute atomic E-state index is 0.0162. The Morgan fingerprint density at radius 1 is 1.43 bits per heavy atom. The molecule has 0 bridgehead atoms. The van der Waals surface area contributed by atoms with E-state index in [1.165, 1.54) is 0 Å². The van der Waals surface area contributed by atoms with Crippen LogP contribution >= 0.6 is 15.9 Å². The minimum atomic E-state index is -0.623. The van der Waals surface area contributed by atoms with Crippen LogP contribution < -0.4 is 0 Å². The molecule has 1 aromatic rings. The molecule has 0 aliphatic rings. The van der Waals surface area contributed by atoms with Crippen molar-refractivity contribution < 1.29 is 9.90 Å². The van der Waals surface area contributed by atoms with E-state index in [-0.39, 0.29) is 11.7 Å². The molecule has 0 aliphatic carbocycles. The van der Waals surface area contributed by atoms with Crippen LogP contribution in [0.2, 0.25) is 0 Å². The van der Waals surface area contributed by atoms with E-state index in [1.807, 2.05) is 18.2 Å². The molecule has 0 saturated carbocycles. The summed E-state index contributed by atoms with van der Waals surface area (Å²) in [6.07, 6.45) is -0.623. The predicted octanol–water partition coefficient (Wildman–Crippen LogP) is 2.26. The lowest BCUT2D eigenvalue weighted by Gasteiger charge is -2.15. The summed E-state index contributed by atoms with van der Waals surface area (Å²) in [5.41, 5.74) is 0.651. The van der Waals surface area contributed by atoms with Crippen molar-refractivity contribution in [1.82, 2.24) is 0 Å². The lowest BCUT2D eigenvalue weighted by Crippen LogP contribution is -2.27. The Balaban J connectivity index is 2.84. The fourth-order valence-corrected chi connectivity index (χ4v) is 2.07. The first-order chi connectivity index (χ1) is 6.66. The molecule has 2 atom stereocenters.